The summed E-state index contributed by atoms with van der Waals surface area (Å²) in [6.45, 7) is 0. The lowest BCUT2D eigenvalue weighted by Crippen LogP contribution is -2.10. The highest BCUT2D eigenvalue weighted by Crippen LogP contribution is 2.48. The number of fused-ring (bicyclic) bond motifs is 8. The van der Waals surface area contributed by atoms with Crippen molar-refractivity contribution in [1.29, 1.82) is 0 Å². The van der Waals surface area contributed by atoms with Gasteiger partial charge in [0.05, 0.1) is 5.69 Å². The number of furan rings is 2. The van der Waals surface area contributed by atoms with E-state index in [1.807, 2.05) is 36.4 Å². The lowest BCUT2D eigenvalue weighted by Gasteiger charge is -2.25. The van der Waals surface area contributed by atoms with Gasteiger partial charge in [-0.3, -0.25) is 0 Å². The minimum Gasteiger partial charge on any atom is -0.456 e. The van der Waals surface area contributed by atoms with Crippen LogP contribution in [-0.2, 0) is 0 Å². The van der Waals surface area contributed by atoms with Crippen molar-refractivity contribution in [2.75, 3.05) is 4.90 Å². The van der Waals surface area contributed by atoms with Crippen molar-refractivity contribution < 1.29 is 8.83 Å². The Kier molecular flexibility index (Phi) is 5.20. The molecule has 0 radical (unpaired) electrons. The Bertz CT molecular complexity index is 2410. The summed E-state index contributed by atoms with van der Waals surface area (Å²) in [7, 11) is 0. The molecule has 43 heavy (non-hydrogen) atoms. The molecule has 0 fully saturated rings. The van der Waals surface area contributed by atoms with Crippen LogP contribution in [0.5, 0.6) is 0 Å². The third-order valence-corrected chi connectivity index (χ3v) is 8.43. The van der Waals surface area contributed by atoms with E-state index < -0.39 is 0 Å². The number of nitrogens with zero attached hydrogens (tertiary/aromatic N) is 1. The maximum absolute atomic E-state index is 6.90. The van der Waals surface area contributed by atoms with Crippen molar-refractivity contribution in [3.63, 3.8) is 0 Å². The van der Waals surface area contributed by atoms with Gasteiger partial charge in [0.2, 0.25) is 0 Å². The summed E-state index contributed by atoms with van der Waals surface area (Å²) in [5.74, 6) is 0. The molecule has 0 aliphatic rings. The van der Waals surface area contributed by atoms with Crippen molar-refractivity contribution in [2.24, 2.45) is 0 Å². The lowest BCUT2D eigenvalue weighted by molar-refractivity contribution is 0.663. The van der Waals surface area contributed by atoms with Crippen LogP contribution in [0.15, 0.2) is 160 Å². The summed E-state index contributed by atoms with van der Waals surface area (Å²) in [6.07, 6.45) is 0. The molecule has 0 amide bonds. The van der Waals surface area contributed by atoms with Gasteiger partial charge in [0.1, 0.15) is 16.7 Å². The van der Waals surface area contributed by atoms with Crippen LogP contribution in [0.1, 0.15) is 0 Å². The van der Waals surface area contributed by atoms with Crippen LogP contribution in [0, 0.1) is 0 Å². The van der Waals surface area contributed by atoms with Crippen molar-refractivity contribution in [3.05, 3.63) is 152 Å². The molecule has 2 heterocycles. The zero-order chi connectivity index (χ0) is 28.3. The topological polar surface area (TPSA) is 29.5 Å². The highest BCUT2D eigenvalue weighted by Gasteiger charge is 2.24. The van der Waals surface area contributed by atoms with Crippen molar-refractivity contribution in [3.8, 4) is 11.1 Å². The number of benzene rings is 7. The molecule has 0 N–H and O–H groups in total. The average Bonchev–Trinajstić information content (AvgIpc) is 3.65. The first-order chi connectivity index (χ1) is 21.3. The van der Waals surface area contributed by atoms with E-state index in [4.69, 9.17) is 8.83 Å². The predicted octanol–water partition coefficient (Wildman–Crippen LogP) is 11.8. The first-order valence-corrected chi connectivity index (χ1v) is 14.5. The van der Waals surface area contributed by atoms with Crippen molar-refractivity contribution >= 4 is 71.7 Å². The van der Waals surface area contributed by atoms with E-state index in [9.17, 15) is 0 Å². The van der Waals surface area contributed by atoms with Gasteiger partial charge in [0, 0.05) is 32.9 Å². The van der Waals surface area contributed by atoms with E-state index >= 15 is 0 Å². The van der Waals surface area contributed by atoms with Crippen molar-refractivity contribution in [1.82, 2.24) is 0 Å². The van der Waals surface area contributed by atoms with Gasteiger partial charge in [-0.05, 0) is 76.5 Å². The summed E-state index contributed by atoms with van der Waals surface area (Å²) < 4.78 is 13.2. The quantitative estimate of drug-likeness (QED) is 0.218. The van der Waals surface area contributed by atoms with Crippen LogP contribution in [0.2, 0.25) is 0 Å². The van der Waals surface area contributed by atoms with Gasteiger partial charge >= 0.3 is 0 Å². The van der Waals surface area contributed by atoms with Crippen LogP contribution in [0.3, 0.4) is 0 Å². The van der Waals surface area contributed by atoms with E-state index in [-0.39, 0.29) is 0 Å². The van der Waals surface area contributed by atoms with Gasteiger partial charge in [-0.25, -0.2) is 0 Å². The molecule has 0 bridgehead atoms. The molecule has 0 spiro atoms. The standard InChI is InChI=1S/C40H25NO2/c1-3-13-29(14-4-1)41(30-15-5-2-6-16-30)33-22-21-31(28-20-19-26-11-7-8-12-27(26)25-28)38-39-36(43-40(33)38)24-23-35-37(39)32-17-9-10-18-34(32)42-35/h1-25H. The third-order valence-electron chi connectivity index (χ3n) is 8.43. The molecular formula is C40H25NO2. The number of hydrogen-bond acceptors (Lipinski definition) is 3. The Morgan fingerprint density at radius 3 is 1.84 bits per heavy atom. The maximum atomic E-state index is 6.90. The van der Waals surface area contributed by atoms with Gasteiger partial charge in [-0.15, -0.1) is 0 Å². The van der Waals surface area contributed by atoms with Crippen LogP contribution < -0.4 is 4.90 Å². The van der Waals surface area contributed by atoms with Gasteiger partial charge in [-0.1, -0.05) is 97.1 Å². The second-order valence-corrected chi connectivity index (χ2v) is 10.9. The summed E-state index contributed by atoms with van der Waals surface area (Å²) >= 11 is 0. The highest BCUT2D eigenvalue weighted by atomic mass is 16.3. The molecule has 0 aliphatic carbocycles. The molecule has 9 aromatic rings. The normalized spacial score (nSPS) is 11.7. The van der Waals surface area contributed by atoms with E-state index in [0.29, 0.717) is 0 Å². The number of para-hydroxylation sites is 3. The fourth-order valence-electron chi connectivity index (χ4n) is 6.52. The number of anilines is 3. The maximum Gasteiger partial charge on any atom is 0.160 e. The van der Waals surface area contributed by atoms with Crippen LogP contribution in [0.25, 0.3) is 65.8 Å². The second kappa shape index (κ2) is 9.37. The summed E-state index contributed by atoms with van der Waals surface area (Å²) in [5.41, 5.74) is 8.79. The summed E-state index contributed by atoms with van der Waals surface area (Å²) in [5, 5.41) is 6.75. The van der Waals surface area contributed by atoms with Crippen molar-refractivity contribution in [2.45, 2.75) is 0 Å². The number of rotatable bonds is 4. The predicted molar refractivity (Wildman–Crippen MR) is 179 cm³/mol. The fraction of sp³-hybridized carbons (Fsp3) is 0. The highest BCUT2D eigenvalue weighted by molar-refractivity contribution is 6.29. The van der Waals surface area contributed by atoms with Crippen LogP contribution in [0.4, 0.5) is 17.1 Å². The summed E-state index contributed by atoms with van der Waals surface area (Å²) in [6, 6.07) is 52.9. The molecule has 0 unspecified atom stereocenters. The minimum atomic E-state index is 0.838. The molecule has 3 heteroatoms. The monoisotopic (exact) mass is 551 g/mol. The molecule has 9 rings (SSSR count). The van der Waals surface area contributed by atoms with Gasteiger partial charge < -0.3 is 13.7 Å². The van der Waals surface area contributed by atoms with Gasteiger partial charge in [0.25, 0.3) is 0 Å². The Hall–Kier alpha value is -5.80. The molecule has 2 aromatic heterocycles. The molecule has 7 aromatic carbocycles. The Balaban J connectivity index is 1.44. The molecule has 0 saturated carbocycles. The first-order valence-electron chi connectivity index (χ1n) is 14.5. The molecule has 0 atom stereocenters. The fourth-order valence-corrected chi connectivity index (χ4v) is 6.52. The van der Waals surface area contributed by atoms with E-state index in [0.717, 1.165) is 72.1 Å². The van der Waals surface area contributed by atoms with E-state index in [1.165, 1.54) is 10.8 Å². The Morgan fingerprint density at radius 1 is 0.419 bits per heavy atom. The Morgan fingerprint density at radius 2 is 1.07 bits per heavy atom. The average molecular weight is 552 g/mol. The SMILES string of the molecule is c1ccc(N(c2ccccc2)c2ccc(-c3ccc4ccccc4c3)c3c2oc2ccc4oc5ccccc5c4c23)cc1. The van der Waals surface area contributed by atoms with Crippen LogP contribution >= 0.6 is 0 Å². The molecule has 0 aliphatic heterocycles. The second-order valence-electron chi connectivity index (χ2n) is 10.9. The van der Waals surface area contributed by atoms with Gasteiger partial charge in [0.15, 0.2) is 5.58 Å². The van der Waals surface area contributed by atoms with Gasteiger partial charge in [-0.2, -0.15) is 0 Å². The van der Waals surface area contributed by atoms with Crippen LogP contribution in [-0.4, -0.2) is 0 Å². The molecule has 3 nitrogen and oxygen atoms in total. The zero-order valence-corrected chi connectivity index (χ0v) is 23.2. The minimum absolute atomic E-state index is 0.838. The third kappa shape index (κ3) is 3.68. The number of hydrogen-bond donors (Lipinski definition) is 0. The van der Waals surface area contributed by atoms with E-state index in [2.05, 4.69) is 120 Å². The zero-order valence-electron chi connectivity index (χ0n) is 23.2. The largest absolute Gasteiger partial charge is 0.456 e. The van der Waals surface area contributed by atoms with E-state index in [1.54, 1.807) is 0 Å². The summed E-state index contributed by atoms with van der Waals surface area (Å²) in [4.78, 5) is 2.28. The smallest absolute Gasteiger partial charge is 0.160 e. The molecule has 202 valence electrons. The molecular weight excluding hydrogens is 526 g/mol. The Labute approximate surface area is 247 Å². The lowest BCUT2D eigenvalue weighted by atomic mass is 9.94. The first kappa shape index (κ1) is 23.9. The molecule has 0 saturated heterocycles.